The SMILES string of the molecule is O=[N+]([O-])c1cc(Pc2ccccc2)ccc1Cl. The zero-order valence-electron chi connectivity index (χ0n) is 8.76. The lowest BCUT2D eigenvalue weighted by Crippen LogP contribution is -2.04. The molecule has 0 aliphatic rings. The first-order valence-electron chi connectivity index (χ1n) is 4.93. The van der Waals surface area contributed by atoms with Crippen LogP contribution in [0.3, 0.4) is 0 Å². The quantitative estimate of drug-likeness (QED) is 0.486. The third-order valence-corrected chi connectivity index (χ3v) is 3.75. The van der Waals surface area contributed by atoms with E-state index in [-0.39, 0.29) is 10.7 Å². The van der Waals surface area contributed by atoms with E-state index in [0.29, 0.717) is 8.58 Å². The number of nitro groups is 1. The second kappa shape index (κ2) is 5.26. The number of nitrogens with zero attached hydrogens (tertiary/aromatic N) is 1. The Kier molecular flexibility index (Phi) is 3.72. The van der Waals surface area contributed by atoms with Crippen LogP contribution < -0.4 is 10.6 Å². The monoisotopic (exact) mass is 265 g/mol. The molecule has 17 heavy (non-hydrogen) atoms. The first-order chi connectivity index (χ1) is 8.16. The molecule has 0 aliphatic heterocycles. The molecule has 0 saturated carbocycles. The van der Waals surface area contributed by atoms with Crippen LogP contribution in [0.15, 0.2) is 48.5 Å². The number of hydrogen-bond donors (Lipinski definition) is 0. The highest BCUT2D eigenvalue weighted by atomic mass is 35.5. The first kappa shape index (κ1) is 12.0. The van der Waals surface area contributed by atoms with E-state index in [1.807, 2.05) is 36.4 Å². The fourth-order valence-electron chi connectivity index (χ4n) is 1.42. The molecular weight excluding hydrogens is 257 g/mol. The number of hydrogen-bond acceptors (Lipinski definition) is 2. The van der Waals surface area contributed by atoms with E-state index in [0.717, 1.165) is 10.6 Å². The van der Waals surface area contributed by atoms with E-state index >= 15 is 0 Å². The first-order valence-corrected chi connectivity index (χ1v) is 6.30. The lowest BCUT2D eigenvalue weighted by atomic mass is 10.3. The molecule has 0 fully saturated rings. The van der Waals surface area contributed by atoms with E-state index in [2.05, 4.69) is 0 Å². The third-order valence-electron chi connectivity index (χ3n) is 2.21. The van der Waals surface area contributed by atoms with E-state index < -0.39 is 4.92 Å². The Morgan fingerprint density at radius 3 is 2.41 bits per heavy atom. The molecule has 0 aliphatic carbocycles. The third kappa shape index (κ3) is 3.02. The van der Waals surface area contributed by atoms with Crippen molar-refractivity contribution in [1.29, 1.82) is 0 Å². The summed E-state index contributed by atoms with van der Waals surface area (Å²) in [4.78, 5) is 10.3. The van der Waals surface area contributed by atoms with Gasteiger partial charge >= 0.3 is 0 Å². The van der Waals surface area contributed by atoms with E-state index in [9.17, 15) is 10.1 Å². The number of halogens is 1. The van der Waals surface area contributed by atoms with Crippen molar-refractivity contribution >= 4 is 36.5 Å². The normalized spacial score (nSPS) is 10.9. The lowest BCUT2D eigenvalue weighted by molar-refractivity contribution is -0.384. The van der Waals surface area contributed by atoms with Gasteiger partial charge in [-0.3, -0.25) is 10.1 Å². The van der Waals surface area contributed by atoms with Gasteiger partial charge in [0.15, 0.2) is 0 Å². The Morgan fingerprint density at radius 2 is 1.76 bits per heavy atom. The topological polar surface area (TPSA) is 43.1 Å². The maximum atomic E-state index is 10.8. The molecule has 2 aromatic rings. The molecule has 0 radical (unpaired) electrons. The smallest absolute Gasteiger partial charge is 0.258 e. The summed E-state index contributed by atoms with van der Waals surface area (Å²) < 4.78 is 0. The zero-order chi connectivity index (χ0) is 12.3. The molecule has 2 rings (SSSR count). The maximum Gasteiger partial charge on any atom is 0.288 e. The molecule has 3 nitrogen and oxygen atoms in total. The van der Waals surface area contributed by atoms with Gasteiger partial charge in [-0.1, -0.05) is 56.6 Å². The minimum absolute atomic E-state index is 0.0346. The van der Waals surface area contributed by atoms with Gasteiger partial charge in [-0.05, 0) is 16.7 Å². The van der Waals surface area contributed by atoms with Crippen LogP contribution in [0.2, 0.25) is 5.02 Å². The van der Waals surface area contributed by atoms with Crippen molar-refractivity contribution in [2.24, 2.45) is 0 Å². The van der Waals surface area contributed by atoms with Gasteiger partial charge in [-0.25, -0.2) is 0 Å². The maximum absolute atomic E-state index is 10.8. The van der Waals surface area contributed by atoms with Crippen LogP contribution in [0, 0.1) is 10.1 Å². The van der Waals surface area contributed by atoms with Gasteiger partial charge in [-0.2, -0.15) is 0 Å². The predicted molar refractivity (Wildman–Crippen MR) is 72.1 cm³/mol. The molecule has 0 spiro atoms. The standard InChI is InChI=1S/C12H9ClNO2P/c13-11-7-6-10(8-12(11)14(15)16)17-9-4-2-1-3-5-9/h1-8,17H. The summed E-state index contributed by atoms with van der Waals surface area (Å²) in [5.41, 5.74) is -0.0346. The average molecular weight is 266 g/mol. The Morgan fingerprint density at radius 1 is 1.06 bits per heavy atom. The van der Waals surface area contributed by atoms with Crippen molar-refractivity contribution in [3.8, 4) is 0 Å². The Hall–Kier alpha value is -1.44. The molecule has 1 unspecified atom stereocenters. The van der Waals surface area contributed by atoms with E-state index in [1.54, 1.807) is 6.07 Å². The molecule has 86 valence electrons. The minimum Gasteiger partial charge on any atom is -0.258 e. The summed E-state index contributed by atoms with van der Waals surface area (Å²) in [6, 6.07) is 14.8. The van der Waals surface area contributed by atoms with Crippen molar-refractivity contribution in [2.45, 2.75) is 0 Å². The van der Waals surface area contributed by atoms with Crippen LogP contribution in [-0.4, -0.2) is 4.92 Å². The molecule has 1 atom stereocenters. The highest BCUT2D eigenvalue weighted by Crippen LogP contribution is 2.24. The van der Waals surface area contributed by atoms with Crippen LogP contribution in [0.25, 0.3) is 0 Å². The molecule has 0 heterocycles. The highest BCUT2D eigenvalue weighted by molar-refractivity contribution is 7.55. The van der Waals surface area contributed by atoms with Crippen molar-refractivity contribution in [1.82, 2.24) is 0 Å². The summed E-state index contributed by atoms with van der Waals surface area (Å²) in [5, 5.41) is 13.0. The minimum atomic E-state index is -0.457. The van der Waals surface area contributed by atoms with Crippen LogP contribution in [-0.2, 0) is 0 Å². The molecule has 0 amide bonds. The predicted octanol–water partition coefficient (Wildman–Crippen LogP) is 2.88. The Labute approximate surface area is 105 Å². The van der Waals surface area contributed by atoms with Crippen LogP contribution in [0.5, 0.6) is 0 Å². The average Bonchev–Trinajstić information content (AvgIpc) is 2.32. The molecule has 0 N–H and O–H groups in total. The summed E-state index contributed by atoms with van der Waals surface area (Å²) in [5.74, 6) is 0. The van der Waals surface area contributed by atoms with Crippen LogP contribution in [0.4, 0.5) is 5.69 Å². The van der Waals surface area contributed by atoms with Gasteiger partial charge in [-0.15, -0.1) is 0 Å². The van der Waals surface area contributed by atoms with Crippen LogP contribution in [0.1, 0.15) is 0 Å². The lowest BCUT2D eigenvalue weighted by Gasteiger charge is -2.02. The van der Waals surface area contributed by atoms with Gasteiger partial charge in [0.1, 0.15) is 5.02 Å². The van der Waals surface area contributed by atoms with Crippen molar-refractivity contribution in [3.63, 3.8) is 0 Å². The molecule has 0 bridgehead atoms. The summed E-state index contributed by atoms with van der Waals surface area (Å²) >= 11 is 5.76. The van der Waals surface area contributed by atoms with E-state index in [4.69, 9.17) is 11.6 Å². The molecule has 5 heteroatoms. The molecule has 0 saturated heterocycles. The van der Waals surface area contributed by atoms with Gasteiger partial charge in [0, 0.05) is 6.07 Å². The van der Waals surface area contributed by atoms with Gasteiger partial charge in [0.25, 0.3) is 5.69 Å². The van der Waals surface area contributed by atoms with Crippen LogP contribution >= 0.6 is 20.2 Å². The number of nitro benzene ring substituents is 1. The molecule has 2 aromatic carbocycles. The summed E-state index contributed by atoms with van der Waals surface area (Å²) in [6.45, 7) is 0. The summed E-state index contributed by atoms with van der Waals surface area (Å²) in [6.07, 6.45) is 0. The highest BCUT2D eigenvalue weighted by Gasteiger charge is 2.12. The van der Waals surface area contributed by atoms with Crippen molar-refractivity contribution in [3.05, 3.63) is 63.7 Å². The summed E-state index contributed by atoms with van der Waals surface area (Å²) in [7, 11) is 0.399. The number of rotatable bonds is 3. The fourth-order valence-corrected chi connectivity index (χ4v) is 2.67. The van der Waals surface area contributed by atoms with Gasteiger partial charge in [0.2, 0.25) is 0 Å². The molecule has 0 aromatic heterocycles. The van der Waals surface area contributed by atoms with Crippen molar-refractivity contribution in [2.75, 3.05) is 0 Å². The van der Waals surface area contributed by atoms with E-state index in [1.165, 1.54) is 6.07 Å². The molecular formula is C12H9ClNO2P. The second-order valence-electron chi connectivity index (χ2n) is 3.41. The number of benzene rings is 2. The second-order valence-corrected chi connectivity index (χ2v) is 5.23. The van der Waals surface area contributed by atoms with Gasteiger partial charge in [0.05, 0.1) is 4.92 Å². The fraction of sp³-hybridized carbons (Fsp3) is 0. The zero-order valence-corrected chi connectivity index (χ0v) is 10.5. The van der Waals surface area contributed by atoms with Gasteiger partial charge < -0.3 is 0 Å². The largest absolute Gasteiger partial charge is 0.288 e. The van der Waals surface area contributed by atoms with Crippen molar-refractivity contribution < 1.29 is 4.92 Å². The Bertz CT molecular complexity index is 545. The Balaban J connectivity index is 2.29.